The molecule has 1 aliphatic heterocycles. The number of nitrogens with zero attached hydrogens (tertiary/aromatic N) is 1. The number of hydrogen-bond donors (Lipinski definition) is 1. The summed E-state index contributed by atoms with van der Waals surface area (Å²) >= 11 is 0. The van der Waals surface area contributed by atoms with Crippen molar-refractivity contribution in [1.29, 1.82) is 0 Å². The minimum Gasteiger partial charge on any atom is -0.279 e. The lowest BCUT2D eigenvalue weighted by Crippen LogP contribution is -2.27. The zero-order valence-corrected chi connectivity index (χ0v) is 16.7. The topological polar surface area (TPSA) is 83.5 Å². The molecule has 1 fully saturated rings. The lowest BCUT2D eigenvalue weighted by atomic mass is 10.1. The summed E-state index contributed by atoms with van der Waals surface area (Å²) in [7, 11) is -7.42. The van der Waals surface area contributed by atoms with Crippen LogP contribution in [0.25, 0.3) is 10.8 Å². The molecular weight excluding hydrogens is 396 g/mol. The molecule has 0 aromatic heterocycles. The van der Waals surface area contributed by atoms with E-state index in [9.17, 15) is 16.8 Å². The van der Waals surface area contributed by atoms with E-state index in [0.717, 1.165) is 23.6 Å². The fourth-order valence-electron chi connectivity index (χ4n) is 3.39. The van der Waals surface area contributed by atoms with Crippen LogP contribution in [0, 0.1) is 0 Å². The van der Waals surface area contributed by atoms with E-state index in [1.807, 2.05) is 30.3 Å². The van der Waals surface area contributed by atoms with Gasteiger partial charge in [-0.2, -0.15) is 4.31 Å². The molecule has 146 valence electrons. The lowest BCUT2D eigenvalue weighted by molar-refractivity contribution is 0.477. The molecule has 28 heavy (non-hydrogen) atoms. The molecule has 1 N–H and O–H groups in total. The minimum absolute atomic E-state index is 0.0146. The average molecular weight is 417 g/mol. The Morgan fingerprint density at radius 2 is 1.32 bits per heavy atom. The number of anilines is 1. The molecule has 0 bridgehead atoms. The monoisotopic (exact) mass is 416 g/mol. The van der Waals surface area contributed by atoms with E-state index >= 15 is 0 Å². The highest BCUT2D eigenvalue weighted by atomic mass is 32.2. The molecule has 0 aliphatic carbocycles. The van der Waals surface area contributed by atoms with E-state index in [0.29, 0.717) is 18.8 Å². The van der Waals surface area contributed by atoms with Gasteiger partial charge in [-0.25, -0.2) is 16.8 Å². The normalized spacial score (nSPS) is 15.7. The molecule has 4 rings (SSSR count). The van der Waals surface area contributed by atoms with Crippen LogP contribution in [-0.4, -0.2) is 34.2 Å². The Morgan fingerprint density at radius 3 is 2.04 bits per heavy atom. The predicted octanol–water partition coefficient (Wildman–Crippen LogP) is 3.43. The lowest BCUT2D eigenvalue weighted by Gasteiger charge is -2.16. The van der Waals surface area contributed by atoms with Crippen LogP contribution >= 0.6 is 0 Å². The summed E-state index contributed by atoms with van der Waals surface area (Å²) in [5, 5.41) is 1.72. The van der Waals surface area contributed by atoms with E-state index in [4.69, 9.17) is 0 Å². The van der Waals surface area contributed by atoms with Crippen LogP contribution in [-0.2, 0) is 20.0 Å². The summed E-state index contributed by atoms with van der Waals surface area (Å²) in [4.78, 5) is 0.124. The molecule has 3 aromatic rings. The van der Waals surface area contributed by atoms with Crippen molar-refractivity contribution in [3.8, 4) is 0 Å². The van der Waals surface area contributed by atoms with E-state index in [1.54, 1.807) is 12.1 Å². The van der Waals surface area contributed by atoms with E-state index in [-0.39, 0.29) is 9.79 Å². The highest BCUT2D eigenvalue weighted by molar-refractivity contribution is 7.92. The highest BCUT2D eigenvalue weighted by Gasteiger charge is 2.27. The largest absolute Gasteiger partial charge is 0.279 e. The molecule has 0 unspecified atom stereocenters. The first-order valence-electron chi connectivity index (χ1n) is 8.99. The molecule has 1 heterocycles. The minimum atomic E-state index is -3.84. The summed E-state index contributed by atoms with van der Waals surface area (Å²) in [6, 6.07) is 18.2. The Bertz CT molecular complexity index is 1210. The van der Waals surface area contributed by atoms with Gasteiger partial charge in [0.25, 0.3) is 10.0 Å². The fourth-order valence-corrected chi connectivity index (χ4v) is 5.98. The Balaban J connectivity index is 1.63. The Hall–Kier alpha value is -2.42. The molecule has 0 spiro atoms. The van der Waals surface area contributed by atoms with Crippen molar-refractivity contribution in [2.45, 2.75) is 22.6 Å². The third-order valence-electron chi connectivity index (χ3n) is 4.87. The molecule has 6 nitrogen and oxygen atoms in total. The molecule has 0 radical (unpaired) electrons. The van der Waals surface area contributed by atoms with Crippen LogP contribution in [0.1, 0.15) is 12.8 Å². The highest BCUT2D eigenvalue weighted by Crippen LogP contribution is 2.27. The van der Waals surface area contributed by atoms with Gasteiger partial charge < -0.3 is 0 Å². The van der Waals surface area contributed by atoms with Crippen molar-refractivity contribution in [3.63, 3.8) is 0 Å². The van der Waals surface area contributed by atoms with Gasteiger partial charge in [0, 0.05) is 18.5 Å². The van der Waals surface area contributed by atoms with Crippen molar-refractivity contribution < 1.29 is 16.8 Å². The SMILES string of the molecule is O=S(=O)(Nc1cccc2ccccc12)c1ccc(S(=O)(=O)N2CCCC2)cc1. The Kier molecular flexibility index (Phi) is 4.86. The summed E-state index contributed by atoms with van der Waals surface area (Å²) in [6.07, 6.45) is 1.70. The maximum absolute atomic E-state index is 12.8. The molecule has 0 amide bonds. The Morgan fingerprint density at radius 1 is 0.714 bits per heavy atom. The second-order valence-corrected chi connectivity index (χ2v) is 10.3. The zero-order valence-electron chi connectivity index (χ0n) is 15.1. The fraction of sp³-hybridized carbons (Fsp3) is 0.200. The van der Waals surface area contributed by atoms with Gasteiger partial charge in [0.15, 0.2) is 0 Å². The van der Waals surface area contributed by atoms with Gasteiger partial charge in [0.2, 0.25) is 10.0 Å². The molecule has 1 aliphatic rings. The van der Waals surface area contributed by atoms with Crippen LogP contribution < -0.4 is 4.72 Å². The Labute approximate surface area is 164 Å². The summed E-state index contributed by atoms with van der Waals surface area (Å²) in [6.45, 7) is 1.01. The zero-order chi connectivity index (χ0) is 19.8. The number of sulfonamides is 2. The van der Waals surface area contributed by atoms with Gasteiger partial charge in [-0.05, 0) is 48.6 Å². The van der Waals surface area contributed by atoms with Gasteiger partial charge in [0.1, 0.15) is 0 Å². The van der Waals surface area contributed by atoms with Crippen molar-refractivity contribution in [3.05, 3.63) is 66.7 Å². The third kappa shape index (κ3) is 3.50. The summed E-state index contributed by atoms with van der Waals surface area (Å²) in [5.41, 5.74) is 0.479. The second-order valence-electron chi connectivity index (χ2n) is 6.71. The quantitative estimate of drug-likeness (QED) is 0.691. The summed E-state index contributed by atoms with van der Waals surface area (Å²) in [5.74, 6) is 0. The predicted molar refractivity (Wildman–Crippen MR) is 109 cm³/mol. The molecular formula is C20H20N2O4S2. The van der Waals surface area contributed by atoms with Crippen LogP contribution in [0.2, 0.25) is 0 Å². The van der Waals surface area contributed by atoms with Crippen LogP contribution in [0.5, 0.6) is 0 Å². The number of benzene rings is 3. The van der Waals surface area contributed by atoms with Gasteiger partial charge in [0.05, 0.1) is 15.5 Å². The number of nitrogens with one attached hydrogen (secondary N) is 1. The molecule has 0 atom stereocenters. The van der Waals surface area contributed by atoms with Gasteiger partial charge in [-0.15, -0.1) is 0 Å². The standard InChI is InChI=1S/C20H20N2O4S2/c23-27(24,21-20-9-5-7-16-6-1-2-8-19(16)20)17-10-12-18(13-11-17)28(25,26)22-14-3-4-15-22/h1-2,5-13,21H,3-4,14-15H2. The van der Waals surface area contributed by atoms with Gasteiger partial charge in [-0.1, -0.05) is 36.4 Å². The van der Waals surface area contributed by atoms with Crippen LogP contribution in [0.3, 0.4) is 0 Å². The van der Waals surface area contributed by atoms with Gasteiger partial charge in [-0.3, -0.25) is 4.72 Å². The van der Waals surface area contributed by atoms with Gasteiger partial charge >= 0.3 is 0 Å². The molecule has 1 saturated heterocycles. The van der Waals surface area contributed by atoms with Crippen LogP contribution in [0.4, 0.5) is 5.69 Å². The number of fused-ring (bicyclic) bond motifs is 1. The molecule has 8 heteroatoms. The summed E-state index contributed by atoms with van der Waals surface area (Å²) < 4.78 is 54.8. The molecule has 0 saturated carbocycles. The average Bonchev–Trinajstić information content (AvgIpc) is 3.24. The smallest absolute Gasteiger partial charge is 0.261 e. The maximum atomic E-state index is 12.8. The van der Waals surface area contributed by atoms with Crippen molar-refractivity contribution in [2.75, 3.05) is 17.8 Å². The third-order valence-corrected chi connectivity index (χ3v) is 8.17. The number of hydrogen-bond acceptors (Lipinski definition) is 4. The first-order valence-corrected chi connectivity index (χ1v) is 11.9. The van der Waals surface area contributed by atoms with Crippen LogP contribution in [0.15, 0.2) is 76.5 Å². The first kappa shape index (κ1) is 18.9. The van der Waals surface area contributed by atoms with Crippen molar-refractivity contribution in [2.24, 2.45) is 0 Å². The second kappa shape index (κ2) is 7.20. The van der Waals surface area contributed by atoms with E-state index in [1.165, 1.54) is 28.6 Å². The maximum Gasteiger partial charge on any atom is 0.261 e. The van der Waals surface area contributed by atoms with Crippen molar-refractivity contribution in [1.82, 2.24) is 4.31 Å². The first-order chi connectivity index (χ1) is 13.4. The van der Waals surface area contributed by atoms with Crippen molar-refractivity contribution >= 4 is 36.5 Å². The molecule has 3 aromatic carbocycles. The number of rotatable bonds is 5. The van der Waals surface area contributed by atoms with E-state index in [2.05, 4.69) is 4.72 Å². The van der Waals surface area contributed by atoms with E-state index < -0.39 is 20.0 Å².